The van der Waals surface area contributed by atoms with E-state index in [2.05, 4.69) is 39.6 Å². The van der Waals surface area contributed by atoms with Crippen molar-refractivity contribution in [1.29, 1.82) is 0 Å². The molecule has 0 saturated heterocycles. The first-order valence-corrected chi connectivity index (χ1v) is 6.99. The number of aromatic nitrogens is 1. The first kappa shape index (κ1) is 13.3. The Morgan fingerprint density at radius 1 is 1.00 bits per heavy atom. The molecule has 3 aromatic rings. The number of aliphatic imine (C=N–C) groups is 1. The molecule has 1 N–H and O–H groups in total. The van der Waals surface area contributed by atoms with Crippen LogP contribution in [0.5, 0.6) is 0 Å². The Hall–Kier alpha value is -2.68. The third-order valence-electron chi connectivity index (χ3n) is 3.29. The molecule has 0 spiro atoms. The minimum absolute atomic E-state index is 0.678. The second-order valence-corrected chi connectivity index (χ2v) is 4.89. The summed E-state index contributed by atoms with van der Waals surface area (Å²) in [6.45, 7) is 2.66. The zero-order valence-corrected chi connectivity index (χ0v) is 12.0. The van der Waals surface area contributed by atoms with E-state index in [1.54, 1.807) is 0 Å². The van der Waals surface area contributed by atoms with Gasteiger partial charge in [-0.15, -0.1) is 0 Å². The summed E-state index contributed by atoms with van der Waals surface area (Å²) in [7, 11) is 0. The van der Waals surface area contributed by atoms with Gasteiger partial charge in [-0.05, 0) is 24.6 Å². The summed E-state index contributed by atoms with van der Waals surface area (Å²) in [5.41, 5.74) is 3.16. The maximum atomic E-state index is 4.57. The molecule has 0 amide bonds. The average molecular weight is 275 g/mol. The Morgan fingerprint density at radius 3 is 2.67 bits per heavy atom. The number of nitrogens with zero attached hydrogens (tertiary/aromatic N) is 2. The fourth-order valence-electron chi connectivity index (χ4n) is 2.23. The van der Waals surface area contributed by atoms with Crippen molar-refractivity contribution in [3.05, 3.63) is 72.4 Å². The van der Waals surface area contributed by atoms with Gasteiger partial charge in [0.2, 0.25) is 0 Å². The monoisotopic (exact) mass is 275 g/mol. The molecule has 0 fully saturated rings. The van der Waals surface area contributed by atoms with Gasteiger partial charge in [0.15, 0.2) is 0 Å². The minimum atomic E-state index is 0.678. The zero-order valence-electron chi connectivity index (χ0n) is 12.0. The first-order chi connectivity index (χ1) is 10.3. The molecule has 0 aliphatic heterocycles. The van der Waals surface area contributed by atoms with Crippen molar-refractivity contribution in [2.45, 2.75) is 13.5 Å². The maximum Gasteiger partial charge on any atom is 0.0980 e. The van der Waals surface area contributed by atoms with Crippen LogP contribution < -0.4 is 5.32 Å². The minimum Gasteiger partial charge on any atom is -0.343 e. The molecule has 0 atom stereocenters. The average Bonchev–Trinajstić information content (AvgIpc) is 2.54. The largest absolute Gasteiger partial charge is 0.343 e. The lowest BCUT2D eigenvalue weighted by Gasteiger charge is -2.08. The summed E-state index contributed by atoms with van der Waals surface area (Å²) < 4.78 is 0. The van der Waals surface area contributed by atoms with Gasteiger partial charge in [0, 0.05) is 11.6 Å². The predicted octanol–water partition coefficient (Wildman–Crippen LogP) is 4.27. The Kier molecular flexibility index (Phi) is 3.92. The van der Waals surface area contributed by atoms with E-state index in [4.69, 9.17) is 0 Å². The van der Waals surface area contributed by atoms with E-state index in [1.165, 1.54) is 5.56 Å². The summed E-state index contributed by atoms with van der Waals surface area (Å²) >= 11 is 0. The van der Waals surface area contributed by atoms with Crippen LogP contribution in [0.1, 0.15) is 12.5 Å². The summed E-state index contributed by atoms with van der Waals surface area (Å²) in [5.74, 6) is 0.886. The first-order valence-electron chi connectivity index (χ1n) is 6.99. The SMILES string of the molecule is CC(=NCc1ccccc1)Nc1cccc2cccnc12. The standard InChI is InChI=1S/C18H17N3/c1-14(20-13-15-7-3-2-4-8-15)21-17-11-5-9-16-10-6-12-19-18(16)17/h2-12H,13H2,1H3,(H,20,21). The lowest BCUT2D eigenvalue weighted by atomic mass is 10.2. The topological polar surface area (TPSA) is 37.3 Å². The second-order valence-electron chi connectivity index (χ2n) is 4.89. The van der Waals surface area contributed by atoms with Crippen molar-refractivity contribution < 1.29 is 0 Å². The lowest BCUT2D eigenvalue weighted by Crippen LogP contribution is -2.08. The summed E-state index contributed by atoms with van der Waals surface area (Å²) in [6, 6.07) is 20.3. The number of hydrogen-bond donors (Lipinski definition) is 1. The molecular formula is C18H17N3. The normalized spacial score (nSPS) is 11.6. The molecule has 0 radical (unpaired) electrons. The van der Waals surface area contributed by atoms with E-state index in [0.29, 0.717) is 6.54 Å². The second kappa shape index (κ2) is 6.18. The van der Waals surface area contributed by atoms with Gasteiger partial charge in [-0.3, -0.25) is 9.98 Å². The van der Waals surface area contributed by atoms with E-state index < -0.39 is 0 Å². The van der Waals surface area contributed by atoms with Crippen LogP contribution in [0, 0.1) is 0 Å². The fraction of sp³-hybridized carbons (Fsp3) is 0.111. The van der Waals surface area contributed by atoms with E-state index in [-0.39, 0.29) is 0 Å². The van der Waals surface area contributed by atoms with Crippen LogP contribution in [0.25, 0.3) is 10.9 Å². The van der Waals surface area contributed by atoms with Crippen molar-refractivity contribution in [1.82, 2.24) is 4.98 Å². The molecule has 1 aromatic heterocycles. The van der Waals surface area contributed by atoms with E-state index in [1.807, 2.05) is 49.5 Å². The van der Waals surface area contributed by atoms with Crippen molar-refractivity contribution in [2.75, 3.05) is 5.32 Å². The Morgan fingerprint density at radius 2 is 1.81 bits per heavy atom. The molecule has 1 heterocycles. The van der Waals surface area contributed by atoms with Crippen LogP contribution in [0.3, 0.4) is 0 Å². The maximum absolute atomic E-state index is 4.57. The number of rotatable bonds is 3. The Balaban J connectivity index is 1.78. The van der Waals surface area contributed by atoms with Crippen LogP contribution in [-0.4, -0.2) is 10.8 Å². The highest BCUT2D eigenvalue weighted by molar-refractivity contribution is 6.01. The van der Waals surface area contributed by atoms with Gasteiger partial charge in [0.25, 0.3) is 0 Å². The quantitative estimate of drug-likeness (QED) is 0.572. The number of benzene rings is 2. The molecule has 2 aromatic carbocycles. The van der Waals surface area contributed by atoms with Crippen molar-refractivity contribution in [2.24, 2.45) is 4.99 Å². The number of fused-ring (bicyclic) bond motifs is 1. The molecule has 21 heavy (non-hydrogen) atoms. The van der Waals surface area contributed by atoms with Crippen LogP contribution >= 0.6 is 0 Å². The Labute approximate surface area is 124 Å². The molecule has 3 rings (SSSR count). The number of para-hydroxylation sites is 1. The van der Waals surface area contributed by atoms with Crippen LogP contribution in [0.15, 0.2) is 71.9 Å². The molecule has 0 aliphatic rings. The number of nitrogens with one attached hydrogen (secondary N) is 1. The molecule has 0 aliphatic carbocycles. The predicted molar refractivity (Wildman–Crippen MR) is 88.6 cm³/mol. The van der Waals surface area contributed by atoms with E-state index >= 15 is 0 Å². The van der Waals surface area contributed by atoms with Crippen molar-refractivity contribution in [3.63, 3.8) is 0 Å². The summed E-state index contributed by atoms with van der Waals surface area (Å²) in [6.07, 6.45) is 1.81. The third-order valence-corrected chi connectivity index (χ3v) is 3.29. The molecule has 0 bridgehead atoms. The number of hydrogen-bond acceptors (Lipinski definition) is 2. The molecule has 0 unspecified atom stereocenters. The molecule has 104 valence electrons. The van der Waals surface area contributed by atoms with Crippen LogP contribution in [0.2, 0.25) is 0 Å². The number of pyridine rings is 1. The fourth-order valence-corrected chi connectivity index (χ4v) is 2.23. The van der Waals surface area contributed by atoms with E-state index in [9.17, 15) is 0 Å². The molecule has 0 saturated carbocycles. The molecule has 3 nitrogen and oxygen atoms in total. The van der Waals surface area contributed by atoms with Gasteiger partial charge in [-0.1, -0.05) is 48.5 Å². The van der Waals surface area contributed by atoms with Gasteiger partial charge in [-0.2, -0.15) is 0 Å². The van der Waals surface area contributed by atoms with Gasteiger partial charge < -0.3 is 5.32 Å². The van der Waals surface area contributed by atoms with Gasteiger partial charge >= 0.3 is 0 Å². The van der Waals surface area contributed by atoms with Gasteiger partial charge in [-0.25, -0.2) is 0 Å². The molecule has 3 heteroatoms. The van der Waals surface area contributed by atoms with Crippen molar-refractivity contribution in [3.8, 4) is 0 Å². The van der Waals surface area contributed by atoms with Crippen LogP contribution in [-0.2, 0) is 6.54 Å². The third kappa shape index (κ3) is 3.26. The van der Waals surface area contributed by atoms with Crippen molar-refractivity contribution >= 4 is 22.4 Å². The highest BCUT2D eigenvalue weighted by atomic mass is 15.0. The lowest BCUT2D eigenvalue weighted by molar-refractivity contribution is 1.06. The number of amidine groups is 1. The zero-order chi connectivity index (χ0) is 14.5. The highest BCUT2D eigenvalue weighted by Gasteiger charge is 2.01. The summed E-state index contributed by atoms with van der Waals surface area (Å²) in [4.78, 5) is 9.01. The van der Waals surface area contributed by atoms with Crippen LogP contribution in [0.4, 0.5) is 5.69 Å². The highest BCUT2D eigenvalue weighted by Crippen LogP contribution is 2.20. The van der Waals surface area contributed by atoms with Gasteiger partial charge in [0.05, 0.1) is 23.6 Å². The molecular weight excluding hydrogens is 258 g/mol. The van der Waals surface area contributed by atoms with E-state index in [0.717, 1.165) is 22.4 Å². The van der Waals surface area contributed by atoms with Gasteiger partial charge in [0.1, 0.15) is 0 Å². The Bertz CT molecular complexity index is 758. The number of anilines is 1. The summed E-state index contributed by atoms with van der Waals surface area (Å²) in [5, 5.41) is 4.47. The smallest absolute Gasteiger partial charge is 0.0980 e.